The number of guanidine groups is 1. The lowest BCUT2D eigenvalue weighted by Crippen LogP contribution is -2.48. The lowest BCUT2D eigenvalue weighted by atomic mass is 10.1. The highest BCUT2D eigenvalue weighted by Crippen LogP contribution is 2.14. The molecule has 3 N–H and O–H groups in total. The number of likely N-dealkylation sites (N-methyl/N-ethyl adjacent to an activating group) is 1. The molecule has 0 radical (unpaired) electrons. The normalized spacial score (nSPS) is 11.2. The van der Waals surface area contributed by atoms with Crippen LogP contribution in [0.25, 0.3) is 0 Å². The highest BCUT2D eigenvalue weighted by atomic mass is 127. The van der Waals surface area contributed by atoms with E-state index in [0.717, 1.165) is 5.56 Å². The van der Waals surface area contributed by atoms with E-state index >= 15 is 0 Å². The number of amides is 2. The molecule has 0 fully saturated rings. The molecule has 0 saturated heterocycles. The monoisotopic (exact) mass is 519 g/mol. The Balaban J connectivity index is 0.00000784. The maximum atomic E-state index is 12.0. The predicted molar refractivity (Wildman–Crippen MR) is 127 cm³/mol. The van der Waals surface area contributed by atoms with E-state index < -0.39 is 0 Å². The molecule has 0 bridgehead atoms. The van der Waals surface area contributed by atoms with Gasteiger partial charge in [-0.3, -0.25) is 9.59 Å². The fourth-order valence-electron chi connectivity index (χ4n) is 2.15. The van der Waals surface area contributed by atoms with E-state index in [2.05, 4.69) is 20.9 Å². The molecule has 0 aromatic heterocycles. The van der Waals surface area contributed by atoms with E-state index in [1.165, 1.54) is 4.90 Å². The zero-order valence-electron chi connectivity index (χ0n) is 18.2. The Morgan fingerprint density at radius 3 is 2.45 bits per heavy atom. The van der Waals surface area contributed by atoms with Crippen LogP contribution in [0.15, 0.2) is 29.3 Å². The molecule has 0 spiro atoms. The number of hydrogen-bond donors (Lipinski definition) is 3. The van der Waals surface area contributed by atoms with Crippen LogP contribution in [-0.2, 0) is 16.1 Å². The van der Waals surface area contributed by atoms with Gasteiger partial charge in [-0.25, -0.2) is 4.99 Å². The molecule has 164 valence electrons. The number of hydrogen-bond acceptors (Lipinski definition) is 4. The van der Waals surface area contributed by atoms with Crippen molar-refractivity contribution in [2.45, 2.75) is 39.8 Å². The summed E-state index contributed by atoms with van der Waals surface area (Å²) >= 11 is 0. The van der Waals surface area contributed by atoms with Gasteiger partial charge < -0.3 is 25.6 Å². The van der Waals surface area contributed by atoms with Crippen LogP contribution in [0.4, 0.5) is 0 Å². The summed E-state index contributed by atoms with van der Waals surface area (Å²) in [5.74, 6) is 0.973. The summed E-state index contributed by atoms with van der Waals surface area (Å²) in [6, 6.07) is 7.44. The standard InChI is InChI=1S/C20H33N5O3.HI/c1-7-21-19(23-13-17(26)24-20(2,3)4)22-12-15-9-8-10-16(11-15)28-14-18(27)25(5)6;/h8-11H,7,12-14H2,1-6H3,(H,24,26)(H2,21,22,23);1H. The smallest absolute Gasteiger partial charge is 0.259 e. The molecule has 1 rings (SSSR count). The first-order valence-electron chi connectivity index (χ1n) is 9.36. The average molecular weight is 519 g/mol. The van der Waals surface area contributed by atoms with Crippen molar-refractivity contribution in [3.05, 3.63) is 29.8 Å². The fourth-order valence-corrected chi connectivity index (χ4v) is 2.15. The number of halogens is 1. The van der Waals surface area contributed by atoms with Crippen LogP contribution >= 0.6 is 24.0 Å². The molecule has 1 aromatic carbocycles. The SMILES string of the molecule is CCNC(=NCc1cccc(OCC(=O)N(C)C)c1)NCC(=O)NC(C)(C)C.I. The average Bonchev–Trinajstić information content (AvgIpc) is 2.60. The van der Waals surface area contributed by atoms with Gasteiger partial charge in [0.1, 0.15) is 5.75 Å². The topological polar surface area (TPSA) is 95.1 Å². The van der Waals surface area contributed by atoms with Crippen LogP contribution in [0.3, 0.4) is 0 Å². The first-order chi connectivity index (χ1) is 13.1. The molecule has 8 nitrogen and oxygen atoms in total. The quantitative estimate of drug-likeness (QED) is 0.277. The van der Waals surface area contributed by atoms with Crippen molar-refractivity contribution in [3.63, 3.8) is 0 Å². The zero-order valence-corrected chi connectivity index (χ0v) is 20.5. The maximum absolute atomic E-state index is 12.0. The number of nitrogens with one attached hydrogen (secondary N) is 3. The van der Waals surface area contributed by atoms with Gasteiger partial charge in [0, 0.05) is 26.2 Å². The van der Waals surface area contributed by atoms with Crippen LogP contribution in [0.5, 0.6) is 5.75 Å². The van der Waals surface area contributed by atoms with Crippen LogP contribution in [-0.4, -0.2) is 62.0 Å². The molecule has 29 heavy (non-hydrogen) atoms. The first-order valence-corrected chi connectivity index (χ1v) is 9.36. The fraction of sp³-hybridized carbons (Fsp3) is 0.550. The molecule has 0 unspecified atom stereocenters. The molecule has 0 saturated carbocycles. The van der Waals surface area contributed by atoms with Gasteiger partial charge in [0.05, 0.1) is 13.1 Å². The van der Waals surface area contributed by atoms with E-state index in [-0.39, 0.29) is 54.5 Å². The molecular weight excluding hydrogens is 485 g/mol. The lowest BCUT2D eigenvalue weighted by molar-refractivity contribution is -0.130. The Hall–Kier alpha value is -2.04. The Morgan fingerprint density at radius 1 is 1.17 bits per heavy atom. The van der Waals surface area contributed by atoms with E-state index in [4.69, 9.17) is 4.74 Å². The molecule has 9 heteroatoms. The molecule has 0 atom stereocenters. The van der Waals surface area contributed by atoms with Gasteiger partial charge in [-0.15, -0.1) is 24.0 Å². The summed E-state index contributed by atoms with van der Waals surface area (Å²) in [7, 11) is 3.38. The van der Waals surface area contributed by atoms with Gasteiger partial charge in [-0.2, -0.15) is 0 Å². The van der Waals surface area contributed by atoms with Gasteiger partial charge in [0.2, 0.25) is 5.91 Å². The van der Waals surface area contributed by atoms with Gasteiger partial charge in [-0.05, 0) is 45.4 Å². The Kier molecular flexibility index (Phi) is 12.3. The molecule has 1 aromatic rings. The lowest BCUT2D eigenvalue weighted by Gasteiger charge is -2.21. The summed E-state index contributed by atoms with van der Waals surface area (Å²) in [6.45, 7) is 8.99. The van der Waals surface area contributed by atoms with Crippen molar-refractivity contribution in [2.75, 3.05) is 33.8 Å². The highest BCUT2D eigenvalue weighted by molar-refractivity contribution is 14.0. The third kappa shape index (κ3) is 12.2. The predicted octanol–water partition coefficient (Wildman–Crippen LogP) is 1.74. The van der Waals surface area contributed by atoms with Crippen molar-refractivity contribution < 1.29 is 14.3 Å². The molecule has 0 aliphatic heterocycles. The summed E-state index contributed by atoms with van der Waals surface area (Å²) in [5, 5.41) is 9.04. The van der Waals surface area contributed by atoms with E-state index in [1.807, 2.05) is 45.9 Å². The van der Waals surface area contributed by atoms with Gasteiger partial charge in [0.25, 0.3) is 5.91 Å². The Morgan fingerprint density at radius 2 is 1.86 bits per heavy atom. The van der Waals surface area contributed by atoms with Crippen LogP contribution in [0, 0.1) is 0 Å². The second-order valence-electron chi connectivity index (χ2n) is 7.57. The van der Waals surface area contributed by atoms with Crippen LogP contribution < -0.4 is 20.7 Å². The molecule has 0 aliphatic rings. The maximum Gasteiger partial charge on any atom is 0.259 e. The minimum absolute atomic E-state index is 0. The molecule has 0 aliphatic carbocycles. The number of benzene rings is 1. The molecular formula is C20H34IN5O3. The Bertz CT molecular complexity index is 687. The second kappa shape index (κ2) is 13.2. The number of ether oxygens (including phenoxy) is 1. The summed E-state index contributed by atoms with van der Waals surface area (Å²) in [4.78, 5) is 29.6. The Labute approximate surface area is 190 Å². The first kappa shape index (κ1) is 27.0. The van der Waals surface area contributed by atoms with E-state index in [9.17, 15) is 9.59 Å². The van der Waals surface area contributed by atoms with Gasteiger partial charge >= 0.3 is 0 Å². The van der Waals surface area contributed by atoms with Crippen molar-refractivity contribution >= 4 is 41.8 Å². The van der Waals surface area contributed by atoms with Crippen LogP contribution in [0.2, 0.25) is 0 Å². The van der Waals surface area contributed by atoms with Gasteiger partial charge in [0.15, 0.2) is 12.6 Å². The number of rotatable bonds is 8. The highest BCUT2D eigenvalue weighted by Gasteiger charge is 2.13. The summed E-state index contributed by atoms with van der Waals surface area (Å²) in [5.41, 5.74) is 0.661. The number of carbonyl (C=O) groups excluding carboxylic acids is 2. The summed E-state index contributed by atoms with van der Waals surface area (Å²) < 4.78 is 5.53. The minimum atomic E-state index is -0.275. The van der Waals surface area contributed by atoms with Crippen LogP contribution in [0.1, 0.15) is 33.3 Å². The van der Waals surface area contributed by atoms with Crippen molar-refractivity contribution in [1.82, 2.24) is 20.9 Å². The number of aliphatic imine (C=N–C) groups is 1. The second-order valence-corrected chi connectivity index (χ2v) is 7.57. The third-order valence-corrected chi connectivity index (χ3v) is 3.45. The van der Waals surface area contributed by atoms with Gasteiger partial charge in [-0.1, -0.05) is 12.1 Å². The third-order valence-electron chi connectivity index (χ3n) is 3.45. The molecule has 2 amide bonds. The zero-order chi connectivity index (χ0) is 21.2. The van der Waals surface area contributed by atoms with Crippen molar-refractivity contribution in [1.29, 1.82) is 0 Å². The van der Waals surface area contributed by atoms with E-state index in [0.29, 0.717) is 24.8 Å². The minimum Gasteiger partial charge on any atom is -0.484 e. The van der Waals surface area contributed by atoms with Crippen molar-refractivity contribution in [2.24, 2.45) is 4.99 Å². The largest absolute Gasteiger partial charge is 0.484 e. The summed E-state index contributed by atoms with van der Waals surface area (Å²) in [6.07, 6.45) is 0. The molecule has 0 heterocycles. The number of carbonyl (C=O) groups is 2. The van der Waals surface area contributed by atoms with E-state index in [1.54, 1.807) is 20.2 Å². The number of nitrogens with zero attached hydrogens (tertiary/aromatic N) is 2. The van der Waals surface area contributed by atoms with Crippen molar-refractivity contribution in [3.8, 4) is 5.75 Å².